The Morgan fingerprint density at radius 2 is 1.66 bits per heavy atom. The molecular formula is C23H32N6O3. The van der Waals surface area contributed by atoms with Crippen molar-refractivity contribution in [3.8, 4) is 5.75 Å². The van der Waals surface area contributed by atoms with Crippen LogP contribution in [0.5, 0.6) is 5.75 Å². The van der Waals surface area contributed by atoms with Crippen LogP contribution in [0.4, 0.5) is 11.9 Å². The lowest BCUT2D eigenvalue weighted by atomic mass is 10.2. The van der Waals surface area contributed by atoms with Crippen LogP contribution in [0.15, 0.2) is 24.3 Å². The van der Waals surface area contributed by atoms with E-state index in [0.29, 0.717) is 43.1 Å². The van der Waals surface area contributed by atoms with Crippen LogP contribution < -0.4 is 19.9 Å². The number of hydrogen-bond donors (Lipinski definition) is 1. The maximum absolute atomic E-state index is 12.7. The average Bonchev–Trinajstić information content (AvgIpc) is 3.39. The number of benzene rings is 1. The molecule has 2 aliphatic rings. The number of nitrogens with zero attached hydrogens (tertiary/aromatic N) is 5. The predicted octanol–water partition coefficient (Wildman–Crippen LogP) is 2.42. The Kier molecular flexibility index (Phi) is 7.71. The van der Waals surface area contributed by atoms with Crippen molar-refractivity contribution in [2.75, 3.05) is 55.8 Å². The normalized spacial score (nSPS) is 16.3. The summed E-state index contributed by atoms with van der Waals surface area (Å²) >= 11 is 0. The van der Waals surface area contributed by atoms with Crippen molar-refractivity contribution >= 4 is 17.8 Å². The molecule has 0 radical (unpaired) electrons. The first-order valence-electron chi connectivity index (χ1n) is 11.6. The van der Waals surface area contributed by atoms with Gasteiger partial charge >= 0.3 is 0 Å². The van der Waals surface area contributed by atoms with E-state index in [1.165, 1.54) is 0 Å². The van der Waals surface area contributed by atoms with E-state index in [9.17, 15) is 4.79 Å². The van der Waals surface area contributed by atoms with Crippen LogP contribution in [0.1, 0.15) is 48.8 Å². The van der Waals surface area contributed by atoms with Crippen LogP contribution in [-0.4, -0.2) is 66.9 Å². The lowest BCUT2D eigenvalue weighted by Crippen LogP contribution is -2.38. The van der Waals surface area contributed by atoms with E-state index in [4.69, 9.17) is 14.5 Å². The van der Waals surface area contributed by atoms with E-state index in [0.717, 1.165) is 57.6 Å². The van der Waals surface area contributed by atoms with Crippen molar-refractivity contribution in [3.63, 3.8) is 0 Å². The molecule has 2 saturated heterocycles. The van der Waals surface area contributed by atoms with Gasteiger partial charge in [-0.1, -0.05) is 13.3 Å². The highest BCUT2D eigenvalue weighted by Crippen LogP contribution is 2.20. The Labute approximate surface area is 189 Å². The summed E-state index contributed by atoms with van der Waals surface area (Å²) in [4.78, 5) is 31.0. The van der Waals surface area contributed by atoms with Crippen molar-refractivity contribution in [2.24, 2.45) is 0 Å². The van der Waals surface area contributed by atoms with E-state index >= 15 is 0 Å². The van der Waals surface area contributed by atoms with Gasteiger partial charge in [0.15, 0.2) is 5.82 Å². The number of aromatic nitrogens is 3. The minimum Gasteiger partial charge on any atom is -0.494 e. The van der Waals surface area contributed by atoms with Gasteiger partial charge in [0.2, 0.25) is 11.9 Å². The molecule has 3 heterocycles. The number of ether oxygens (including phenoxy) is 2. The molecule has 0 bridgehead atoms. The Hall–Kier alpha value is -2.94. The standard InChI is InChI=1S/C23H32N6O3/c1-2-3-14-32-19-8-6-18(7-9-19)21(30)24-17-20-25-22(28-10-4-5-11-28)27-23(26-20)29-12-15-31-16-13-29/h6-9H,2-5,10-17H2,1H3,(H,24,30). The van der Waals surface area contributed by atoms with Crippen LogP contribution in [0.3, 0.4) is 0 Å². The molecule has 32 heavy (non-hydrogen) atoms. The molecule has 1 N–H and O–H groups in total. The second kappa shape index (κ2) is 11.1. The third kappa shape index (κ3) is 5.85. The highest BCUT2D eigenvalue weighted by atomic mass is 16.5. The lowest BCUT2D eigenvalue weighted by molar-refractivity contribution is 0.0950. The second-order valence-electron chi connectivity index (χ2n) is 8.05. The number of carbonyl (C=O) groups excluding carboxylic acids is 1. The molecule has 0 spiro atoms. The highest BCUT2D eigenvalue weighted by Gasteiger charge is 2.21. The summed E-state index contributed by atoms with van der Waals surface area (Å²) in [5.74, 6) is 2.52. The Morgan fingerprint density at radius 3 is 2.31 bits per heavy atom. The van der Waals surface area contributed by atoms with Crippen molar-refractivity contribution in [3.05, 3.63) is 35.7 Å². The molecule has 1 amide bonds. The van der Waals surface area contributed by atoms with E-state index in [1.54, 1.807) is 12.1 Å². The van der Waals surface area contributed by atoms with Crippen molar-refractivity contribution in [1.29, 1.82) is 0 Å². The van der Waals surface area contributed by atoms with E-state index in [2.05, 4.69) is 32.0 Å². The molecule has 0 unspecified atom stereocenters. The molecular weight excluding hydrogens is 408 g/mol. The molecule has 9 nitrogen and oxygen atoms in total. The maximum Gasteiger partial charge on any atom is 0.251 e. The smallest absolute Gasteiger partial charge is 0.251 e. The van der Waals surface area contributed by atoms with Crippen molar-refractivity contribution in [2.45, 2.75) is 39.2 Å². The molecule has 0 saturated carbocycles. The topological polar surface area (TPSA) is 92.7 Å². The quantitative estimate of drug-likeness (QED) is 0.595. The molecule has 4 rings (SSSR count). The lowest BCUT2D eigenvalue weighted by Gasteiger charge is -2.28. The minimum absolute atomic E-state index is 0.166. The number of nitrogens with one attached hydrogen (secondary N) is 1. The zero-order valence-electron chi connectivity index (χ0n) is 18.8. The summed E-state index contributed by atoms with van der Waals surface area (Å²) in [6, 6.07) is 7.21. The van der Waals surface area contributed by atoms with E-state index < -0.39 is 0 Å². The zero-order valence-corrected chi connectivity index (χ0v) is 18.8. The molecule has 1 aromatic carbocycles. The second-order valence-corrected chi connectivity index (χ2v) is 8.05. The molecule has 172 valence electrons. The summed E-state index contributed by atoms with van der Waals surface area (Å²) < 4.78 is 11.1. The summed E-state index contributed by atoms with van der Waals surface area (Å²) in [7, 11) is 0. The van der Waals surface area contributed by atoms with Crippen molar-refractivity contribution < 1.29 is 14.3 Å². The van der Waals surface area contributed by atoms with Gasteiger partial charge in [-0.25, -0.2) is 0 Å². The third-order valence-corrected chi connectivity index (χ3v) is 5.63. The van der Waals surface area contributed by atoms with Gasteiger partial charge < -0.3 is 24.6 Å². The molecule has 9 heteroatoms. The van der Waals surface area contributed by atoms with Crippen LogP contribution >= 0.6 is 0 Å². The minimum atomic E-state index is -0.166. The summed E-state index contributed by atoms with van der Waals surface area (Å²) in [5.41, 5.74) is 0.579. The molecule has 2 aliphatic heterocycles. The average molecular weight is 441 g/mol. The molecule has 0 atom stereocenters. The Bertz CT molecular complexity index is 880. The molecule has 2 aromatic rings. The summed E-state index contributed by atoms with van der Waals surface area (Å²) in [6.07, 6.45) is 4.38. The maximum atomic E-state index is 12.7. The monoisotopic (exact) mass is 440 g/mol. The van der Waals surface area contributed by atoms with E-state index in [1.807, 2.05) is 12.1 Å². The van der Waals surface area contributed by atoms with Gasteiger partial charge in [0.05, 0.1) is 26.4 Å². The van der Waals surface area contributed by atoms with Crippen LogP contribution in [-0.2, 0) is 11.3 Å². The number of carbonyl (C=O) groups is 1. The first-order valence-corrected chi connectivity index (χ1v) is 11.6. The molecule has 1 aromatic heterocycles. The number of hydrogen-bond acceptors (Lipinski definition) is 8. The number of morpholine rings is 1. The Balaban J connectivity index is 1.42. The summed E-state index contributed by atoms with van der Waals surface area (Å²) in [6.45, 7) is 7.78. The number of unbranched alkanes of at least 4 members (excludes halogenated alkanes) is 1. The predicted molar refractivity (Wildman–Crippen MR) is 122 cm³/mol. The first kappa shape index (κ1) is 22.3. The van der Waals surface area contributed by atoms with Gasteiger partial charge in [0, 0.05) is 31.7 Å². The summed E-state index contributed by atoms with van der Waals surface area (Å²) in [5, 5.41) is 2.94. The van der Waals surface area contributed by atoms with Crippen molar-refractivity contribution in [1.82, 2.24) is 20.3 Å². The van der Waals surface area contributed by atoms with E-state index in [-0.39, 0.29) is 12.5 Å². The van der Waals surface area contributed by atoms with Gasteiger partial charge in [0.25, 0.3) is 5.91 Å². The fourth-order valence-electron chi connectivity index (χ4n) is 3.74. The largest absolute Gasteiger partial charge is 0.494 e. The van der Waals surface area contributed by atoms with Crippen LogP contribution in [0.25, 0.3) is 0 Å². The van der Waals surface area contributed by atoms with Gasteiger partial charge in [0.1, 0.15) is 5.75 Å². The van der Waals surface area contributed by atoms with Gasteiger partial charge in [-0.2, -0.15) is 15.0 Å². The number of anilines is 2. The number of rotatable bonds is 9. The number of amides is 1. The van der Waals surface area contributed by atoms with Gasteiger partial charge in [-0.3, -0.25) is 4.79 Å². The van der Waals surface area contributed by atoms with Crippen LogP contribution in [0, 0.1) is 0 Å². The Morgan fingerprint density at radius 1 is 1.00 bits per heavy atom. The first-order chi connectivity index (χ1) is 15.7. The SMILES string of the molecule is CCCCOc1ccc(C(=O)NCc2nc(N3CCCC3)nc(N3CCOCC3)n2)cc1. The van der Waals surface area contributed by atoms with Gasteiger partial charge in [-0.15, -0.1) is 0 Å². The van der Waals surface area contributed by atoms with Gasteiger partial charge in [-0.05, 0) is 43.5 Å². The fraction of sp³-hybridized carbons (Fsp3) is 0.565. The fourth-order valence-corrected chi connectivity index (χ4v) is 3.74. The zero-order chi connectivity index (χ0) is 22.2. The molecule has 0 aliphatic carbocycles. The third-order valence-electron chi connectivity index (χ3n) is 5.63. The van der Waals surface area contributed by atoms with Crippen LogP contribution in [0.2, 0.25) is 0 Å². The molecule has 2 fully saturated rings. The highest BCUT2D eigenvalue weighted by molar-refractivity contribution is 5.94.